The van der Waals surface area contributed by atoms with E-state index in [0.717, 1.165) is 19.0 Å². The molecule has 7 nitrogen and oxygen atoms in total. The first-order valence-electron chi connectivity index (χ1n) is 5.46. The fourth-order valence-corrected chi connectivity index (χ4v) is 2.96. The predicted octanol–water partition coefficient (Wildman–Crippen LogP) is 0.532. The van der Waals surface area contributed by atoms with Gasteiger partial charge in [-0.1, -0.05) is 0 Å². The Morgan fingerprint density at radius 3 is 2.50 bits per heavy atom. The molecule has 1 aromatic rings. The van der Waals surface area contributed by atoms with Gasteiger partial charge in [-0.3, -0.25) is 4.72 Å². The van der Waals surface area contributed by atoms with E-state index >= 15 is 0 Å². The lowest BCUT2D eigenvalue weighted by atomic mass is 10.3. The molecule has 2 heterocycles. The topological polar surface area (TPSA) is 99.6 Å². The van der Waals surface area contributed by atoms with Crippen LogP contribution in [0.1, 0.15) is 23.2 Å². The van der Waals surface area contributed by atoms with Gasteiger partial charge in [-0.2, -0.15) is 12.7 Å². The molecule has 8 heteroatoms. The SMILES string of the molecule is O=C(O)c1ccc(NS(=O)(=O)N2CCCC2)nc1. The average molecular weight is 271 g/mol. The lowest BCUT2D eigenvalue weighted by Crippen LogP contribution is -2.33. The molecule has 1 aromatic heterocycles. The van der Waals surface area contributed by atoms with Crippen LogP contribution in [0, 0.1) is 0 Å². The van der Waals surface area contributed by atoms with E-state index in [2.05, 4.69) is 9.71 Å². The maximum atomic E-state index is 11.9. The van der Waals surface area contributed by atoms with Gasteiger partial charge in [0.1, 0.15) is 5.82 Å². The quantitative estimate of drug-likeness (QED) is 0.832. The molecule has 0 atom stereocenters. The lowest BCUT2D eigenvalue weighted by molar-refractivity contribution is 0.0696. The number of hydrogen-bond donors (Lipinski definition) is 2. The summed E-state index contributed by atoms with van der Waals surface area (Å²) in [5.74, 6) is -0.983. The molecule has 0 aromatic carbocycles. The Hall–Kier alpha value is -1.67. The van der Waals surface area contributed by atoms with Gasteiger partial charge < -0.3 is 5.11 Å². The molecule has 0 unspecified atom stereocenters. The highest BCUT2D eigenvalue weighted by Crippen LogP contribution is 2.15. The van der Waals surface area contributed by atoms with Gasteiger partial charge in [0.05, 0.1) is 5.56 Å². The van der Waals surface area contributed by atoms with Crippen LogP contribution in [0.4, 0.5) is 5.82 Å². The van der Waals surface area contributed by atoms with Crippen molar-refractivity contribution in [2.24, 2.45) is 0 Å². The first-order chi connectivity index (χ1) is 8.49. The van der Waals surface area contributed by atoms with Gasteiger partial charge in [0, 0.05) is 19.3 Å². The van der Waals surface area contributed by atoms with Crippen molar-refractivity contribution in [1.29, 1.82) is 0 Å². The zero-order valence-electron chi connectivity index (χ0n) is 9.54. The summed E-state index contributed by atoms with van der Waals surface area (Å²) in [6.07, 6.45) is 2.82. The number of rotatable bonds is 4. The summed E-state index contributed by atoms with van der Waals surface area (Å²) in [7, 11) is -3.57. The Labute approximate surface area is 105 Å². The van der Waals surface area contributed by atoms with E-state index in [4.69, 9.17) is 5.11 Å². The normalized spacial score (nSPS) is 16.7. The average Bonchev–Trinajstić information content (AvgIpc) is 2.83. The number of hydrogen-bond acceptors (Lipinski definition) is 4. The molecule has 2 rings (SSSR count). The van der Waals surface area contributed by atoms with Crippen LogP contribution in [-0.4, -0.2) is 41.9 Å². The van der Waals surface area contributed by atoms with E-state index in [0.29, 0.717) is 13.1 Å². The highest BCUT2D eigenvalue weighted by Gasteiger charge is 2.25. The second-order valence-electron chi connectivity index (χ2n) is 3.95. The van der Waals surface area contributed by atoms with Gasteiger partial charge in [0.2, 0.25) is 0 Å². The van der Waals surface area contributed by atoms with Crippen LogP contribution < -0.4 is 4.72 Å². The smallest absolute Gasteiger partial charge is 0.337 e. The molecule has 0 amide bonds. The molecule has 0 aliphatic carbocycles. The molecule has 1 fully saturated rings. The number of nitrogens with one attached hydrogen (secondary N) is 1. The Kier molecular flexibility index (Phi) is 3.48. The minimum absolute atomic E-state index is 0.0131. The maximum absolute atomic E-state index is 11.9. The fraction of sp³-hybridized carbons (Fsp3) is 0.400. The van der Waals surface area contributed by atoms with E-state index in [1.54, 1.807) is 0 Å². The number of carboxylic acid groups (broad SMARTS) is 1. The van der Waals surface area contributed by atoms with Crippen LogP contribution in [0.15, 0.2) is 18.3 Å². The Bertz CT molecular complexity index is 535. The highest BCUT2D eigenvalue weighted by molar-refractivity contribution is 7.90. The Morgan fingerprint density at radius 1 is 1.33 bits per heavy atom. The number of carboxylic acids is 1. The predicted molar refractivity (Wildman–Crippen MR) is 64.5 cm³/mol. The summed E-state index contributed by atoms with van der Waals surface area (Å²) in [5, 5.41) is 8.69. The van der Waals surface area contributed by atoms with Crippen molar-refractivity contribution < 1.29 is 18.3 Å². The van der Waals surface area contributed by atoms with E-state index in [-0.39, 0.29) is 11.4 Å². The van der Waals surface area contributed by atoms with Gasteiger partial charge in [0.25, 0.3) is 0 Å². The third kappa shape index (κ3) is 2.77. The van der Waals surface area contributed by atoms with Crippen molar-refractivity contribution in [2.45, 2.75) is 12.8 Å². The largest absolute Gasteiger partial charge is 0.478 e. The number of aromatic nitrogens is 1. The number of pyridine rings is 1. The number of aromatic carboxylic acids is 1. The first kappa shape index (κ1) is 12.8. The van der Waals surface area contributed by atoms with Crippen LogP contribution in [-0.2, 0) is 10.2 Å². The zero-order valence-corrected chi connectivity index (χ0v) is 10.4. The molecule has 1 saturated heterocycles. The van der Waals surface area contributed by atoms with E-state index in [1.807, 2.05) is 0 Å². The summed E-state index contributed by atoms with van der Waals surface area (Å²) in [6.45, 7) is 1.01. The monoisotopic (exact) mass is 271 g/mol. The van der Waals surface area contributed by atoms with Crippen molar-refractivity contribution in [1.82, 2.24) is 9.29 Å². The molecular formula is C10H13N3O4S. The van der Waals surface area contributed by atoms with Crippen LogP contribution in [0.3, 0.4) is 0 Å². The summed E-state index contributed by atoms with van der Waals surface area (Å²) >= 11 is 0. The lowest BCUT2D eigenvalue weighted by Gasteiger charge is -2.16. The summed E-state index contributed by atoms with van der Waals surface area (Å²) in [6, 6.07) is 2.63. The minimum Gasteiger partial charge on any atom is -0.478 e. The number of carbonyl (C=O) groups is 1. The van der Waals surface area contributed by atoms with Crippen LogP contribution >= 0.6 is 0 Å². The molecule has 0 spiro atoms. The van der Waals surface area contributed by atoms with Crippen LogP contribution in [0.2, 0.25) is 0 Å². The fourth-order valence-electron chi connectivity index (χ4n) is 1.71. The Balaban J connectivity index is 2.11. The molecule has 98 valence electrons. The molecule has 2 N–H and O–H groups in total. The van der Waals surface area contributed by atoms with Gasteiger partial charge in [-0.15, -0.1) is 0 Å². The number of anilines is 1. The molecule has 0 radical (unpaired) electrons. The second-order valence-corrected chi connectivity index (χ2v) is 5.62. The van der Waals surface area contributed by atoms with Gasteiger partial charge in [-0.05, 0) is 25.0 Å². The van der Waals surface area contributed by atoms with Crippen molar-refractivity contribution >= 4 is 22.0 Å². The maximum Gasteiger partial charge on any atom is 0.337 e. The van der Waals surface area contributed by atoms with Crippen LogP contribution in [0.5, 0.6) is 0 Å². The molecule has 1 aliphatic rings. The zero-order chi connectivity index (χ0) is 13.2. The van der Waals surface area contributed by atoms with Crippen molar-refractivity contribution in [3.8, 4) is 0 Å². The molecule has 0 bridgehead atoms. The molecule has 1 aliphatic heterocycles. The third-order valence-corrected chi connectivity index (χ3v) is 4.16. The molecular weight excluding hydrogens is 258 g/mol. The van der Waals surface area contributed by atoms with Crippen molar-refractivity contribution in [2.75, 3.05) is 17.8 Å². The third-order valence-electron chi connectivity index (χ3n) is 2.65. The van der Waals surface area contributed by atoms with Crippen molar-refractivity contribution in [3.63, 3.8) is 0 Å². The second kappa shape index (κ2) is 4.91. The number of nitrogens with zero attached hydrogens (tertiary/aromatic N) is 2. The van der Waals surface area contributed by atoms with E-state index < -0.39 is 16.2 Å². The summed E-state index contributed by atoms with van der Waals surface area (Å²) in [5.41, 5.74) is 0.0131. The van der Waals surface area contributed by atoms with E-state index in [9.17, 15) is 13.2 Å². The van der Waals surface area contributed by atoms with Crippen LogP contribution in [0.25, 0.3) is 0 Å². The standard InChI is InChI=1S/C10H13N3O4S/c14-10(15)8-3-4-9(11-7-8)12-18(16,17)13-5-1-2-6-13/h3-4,7H,1-2,5-6H2,(H,11,12)(H,14,15). The van der Waals surface area contributed by atoms with Gasteiger partial charge in [-0.25, -0.2) is 9.78 Å². The van der Waals surface area contributed by atoms with Crippen molar-refractivity contribution in [3.05, 3.63) is 23.9 Å². The molecule has 18 heavy (non-hydrogen) atoms. The molecule has 0 saturated carbocycles. The first-order valence-corrected chi connectivity index (χ1v) is 6.90. The van der Waals surface area contributed by atoms with E-state index in [1.165, 1.54) is 16.4 Å². The summed E-state index contributed by atoms with van der Waals surface area (Å²) < 4.78 is 27.4. The van der Waals surface area contributed by atoms with Gasteiger partial charge >= 0.3 is 16.2 Å². The van der Waals surface area contributed by atoms with Gasteiger partial charge in [0.15, 0.2) is 0 Å². The highest BCUT2D eigenvalue weighted by atomic mass is 32.2. The Morgan fingerprint density at radius 2 is 2.00 bits per heavy atom. The summed E-state index contributed by atoms with van der Waals surface area (Å²) in [4.78, 5) is 14.4. The minimum atomic E-state index is -3.57.